The Kier molecular flexibility index (Phi) is 4.27. The highest BCUT2D eigenvalue weighted by Gasteiger charge is 2.16. The van der Waals surface area contributed by atoms with Gasteiger partial charge in [-0.05, 0) is 29.6 Å². The minimum atomic E-state index is -3.62. The van der Waals surface area contributed by atoms with Crippen molar-refractivity contribution in [3.8, 4) is 11.5 Å². The van der Waals surface area contributed by atoms with Crippen LogP contribution >= 0.6 is 11.3 Å². The van der Waals surface area contributed by atoms with Gasteiger partial charge in [-0.1, -0.05) is 22.4 Å². The lowest BCUT2D eigenvalue weighted by Gasteiger charge is -2.06. The molecule has 0 fully saturated rings. The van der Waals surface area contributed by atoms with Gasteiger partial charge in [0.25, 0.3) is 15.9 Å². The summed E-state index contributed by atoms with van der Waals surface area (Å²) in [5, 5.41) is 9.23. The van der Waals surface area contributed by atoms with Crippen molar-refractivity contribution >= 4 is 27.0 Å². The van der Waals surface area contributed by atoms with E-state index in [9.17, 15) is 8.42 Å². The predicted molar refractivity (Wildman–Crippen MR) is 94.2 cm³/mol. The van der Waals surface area contributed by atoms with Crippen LogP contribution in [-0.2, 0) is 16.4 Å². The van der Waals surface area contributed by atoms with Gasteiger partial charge in [-0.3, -0.25) is 4.72 Å². The van der Waals surface area contributed by atoms with Crippen LogP contribution in [0, 0.1) is 0 Å². The highest BCUT2D eigenvalue weighted by Crippen LogP contribution is 2.25. The summed E-state index contributed by atoms with van der Waals surface area (Å²) >= 11 is 1.15. The van der Waals surface area contributed by atoms with E-state index in [0.29, 0.717) is 29.3 Å². The minimum Gasteiger partial charge on any atom is -0.361 e. The summed E-state index contributed by atoms with van der Waals surface area (Å²) in [4.78, 5) is 4.30. The topological polar surface area (TPSA) is 111 Å². The third-order valence-corrected chi connectivity index (χ3v) is 6.19. The number of nitrogens with one attached hydrogen (secondary N) is 1. The van der Waals surface area contributed by atoms with Gasteiger partial charge in [0, 0.05) is 17.3 Å². The molecule has 3 aromatic heterocycles. The van der Waals surface area contributed by atoms with Crippen LogP contribution in [0.2, 0.25) is 0 Å². The van der Waals surface area contributed by atoms with Crippen LogP contribution in [0.5, 0.6) is 0 Å². The SMILES string of the molecule is O=S(=O)(Nc1cccc(-c2nc(Cc3ccno3)no2)c1)c1cccs1. The number of hydrogen-bond acceptors (Lipinski definition) is 8. The molecule has 0 saturated heterocycles. The average Bonchev–Trinajstić information content (AvgIpc) is 3.38. The van der Waals surface area contributed by atoms with Crippen molar-refractivity contribution in [3.63, 3.8) is 0 Å². The number of thiophene rings is 1. The molecule has 10 heteroatoms. The molecule has 0 atom stereocenters. The Morgan fingerprint density at radius 3 is 2.81 bits per heavy atom. The van der Waals surface area contributed by atoms with Crippen molar-refractivity contribution < 1.29 is 17.5 Å². The fourth-order valence-electron chi connectivity index (χ4n) is 2.27. The number of anilines is 1. The first-order chi connectivity index (χ1) is 12.6. The zero-order valence-electron chi connectivity index (χ0n) is 13.2. The van der Waals surface area contributed by atoms with Crippen molar-refractivity contribution in [1.29, 1.82) is 0 Å². The van der Waals surface area contributed by atoms with E-state index in [-0.39, 0.29) is 10.1 Å². The zero-order valence-corrected chi connectivity index (χ0v) is 14.8. The van der Waals surface area contributed by atoms with Gasteiger partial charge < -0.3 is 9.05 Å². The first-order valence-corrected chi connectivity index (χ1v) is 9.85. The van der Waals surface area contributed by atoms with Gasteiger partial charge in [-0.15, -0.1) is 11.3 Å². The molecular formula is C16H12N4O4S2. The highest BCUT2D eigenvalue weighted by atomic mass is 32.2. The van der Waals surface area contributed by atoms with Gasteiger partial charge in [0.1, 0.15) is 9.97 Å². The quantitative estimate of drug-likeness (QED) is 0.540. The predicted octanol–water partition coefficient (Wildman–Crippen LogP) is 3.18. The monoisotopic (exact) mass is 388 g/mol. The molecule has 0 aliphatic rings. The normalized spacial score (nSPS) is 11.5. The van der Waals surface area contributed by atoms with E-state index < -0.39 is 10.0 Å². The molecule has 8 nitrogen and oxygen atoms in total. The van der Waals surface area contributed by atoms with Crippen molar-refractivity contribution in [2.45, 2.75) is 10.6 Å². The van der Waals surface area contributed by atoms with Crippen molar-refractivity contribution in [1.82, 2.24) is 15.3 Å². The van der Waals surface area contributed by atoms with Crippen LogP contribution in [0.25, 0.3) is 11.5 Å². The van der Waals surface area contributed by atoms with E-state index in [2.05, 4.69) is 20.0 Å². The van der Waals surface area contributed by atoms with E-state index in [4.69, 9.17) is 9.05 Å². The molecule has 0 unspecified atom stereocenters. The summed E-state index contributed by atoms with van der Waals surface area (Å²) in [7, 11) is -3.62. The number of hydrogen-bond donors (Lipinski definition) is 1. The number of aromatic nitrogens is 3. The molecule has 0 bridgehead atoms. The van der Waals surface area contributed by atoms with Crippen LogP contribution in [-0.4, -0.2) is 23.7 Å². The van der Waals surface area contributed by atoms with E-state index in [0.717, 1.165) is 11.3 Å². The van der Waals surface area contributed by atoms with E-state index in [1.165, 1.54) is 0 Å². The molecule has 0 radical (unpaired) electrons. The maximum Gasteiger partial charge on any atom is 0.271 e. The Bertz CT molecular complexity index is 1100. The van der Waals surface area contributed by atoms with Crippen molar-refractivity contribution in [3.05, 3.63) is 65.6 Å². The van der Waals surface area contributed by atoms with Crippen LogP contribution in [0.1, 0.15) is 11.6 Å². The number of sulfonamides is 1. The fourth-order valence-corrected chi connectivity index (χ4v) is 4.31. The van der Waals surface area contributed by atoms with Crippen molar-refractivity contribution in [2.24, 2.45) is 0 Å². The molecule has 0 amide bonds. The summed E-state index contributed by atoms with van der Waals surface area (Å²) in [5.74, 6) is 1.35. The van der Waals surface area contributed by atoms with Gasteiger partial charge in [-0.25, -0.2) is 8.42 Å². The van der Waals surface area contributed by atoms with Crippen molar-refractivity contribution in [2.75, 3.05) is 4.72 Å². The van der Waals surface area contributed by atoms with Gasteiger partial charge in [0.2, 0.25) is 0 Å². The van der Waals surface area contributed by atoms with Crippen LogP contribution in [0.4, 0.5) is 5.69 Å². The largest absolute Gasteiger partial charge is 0.361 e. The van der Waals surface area contributed by atoms with Crippen LogP contribution in [0.3, 0.4) is 0 Å². The molecule has 0 spiro atoms. The first-order valence-electron chi connectivity index (χ1n) is 7.49. The van der Waals surface area contributed by atoms with Gasteiger partial charge >= 0.3 is 0 Å². The lowest BCUT2D eigenvalue weighted by atomic mass is 10.2. The molecule has 4 rings (SSSR count). The Balaban J connectivity index is 1.55. The first kappa shape index (κ1) is 16.5. The van der Waals surface area contributed by atoms with E-state index in [1.54, 1.807) is 54.0 Å². The summed E-state index contributed by atoms with van der Waals surface area (Å²) < 4.78 is 37.7. The summed E-state index contributed by atoms with van der Waals surface area (Å²) in [5.41, 5.74) is 1.01. The Morgan fingerprint density at radius 1 is 1.12 bits per heavy atom. The third kappa shape index (κ3) is 3.51. The molecule has 0 saturated carbocycles. The number of nitrogens with zero attached hydrogens (tertiary/aromatic N) is 3. The third-order valence-electron chi connectivity index (χ3n) is 3.41. The van der Waals surface area contributed by atoms with Crippen LogP contribution in [0.15, 0.2) is 67.3 Å². The maximum atomic E-state index is 12.3. The second kappa shape index (κ2) is 6.73. The fraction of sp³-hybridized carbons (Fsp3) is 0.0625. The summed E-state index contributed by atoms with van der Waals surface area (Å²) in [6, 6.07) is 11.7. The molecular weight excluding hydrogens is 376 g/mol. The molecule has 132 valence electrons. The van der Waals surface area contributed by atoms with Gasteiger partial charge in [0.05, 0.1) is 12.6 Å². The zero-order chi connectivity index (χ0) is 18.0. The maximum absolute atomic E-state index is 12.3. The second-order valence-corrected chi connectivity index (χ2v) is 8.15. The molecule has 4 aromatic rings. The highest BCUT2D eigenvalue weighted by molar-refractivity contribution is 7.94. The average molecular weight is 388 g/mol. The molecule has 1 N–H and O–H groups in total. The molecule has 1 aromatic carbocycles. The van der Waals surface area contributed by atoms with E-state index >= 15 is 0 Å². The Morgan fingerprint density at radius 2 is 2.04 bits per heavy atom. The van der Waals surface area contributed by atoms with Gasteiger partial charge in [-0.2, -0.15) is 4.98 Å². The van der Waals surface area contributed by atoms with Crippen LogP contribution < -0.4 is 4.72 Å². The Labute approximate surface area is 152 Å². The molecule has 0 aliphatic carbocycles. The Hall–Kier alpha value is -2.98. The summed E-state index contributed by atoms with van der Waals surface area (Å²) in [6.45, 7) is 0. The second-order valence-electron chi connectivity index (χ2n) is 5.29. The molecule has 0 aliphatic heterocycles. The number of benzene rings is 1. The smallest absolute Gasteiger partial charge is 0.271 e. The lowest BCUT2D eigenvalue weighted by molar-refractivity contribution is 0.382. The number of rotatable bonds is 6. The van der Waals surface area contributed by atoms with E-state index in [1.807, 2.05) is 0 Å². The summed E-state index contributed by atoms with van der Waals surface area (Å²) in [6.07, 6.45) is 1.90. The van der Waals surface area contributed by atoms with Gasteiger partial charge in [0.15, 0.2) is 5.82 Å². The lowest BCUT2D eigenvalue weighted by Crippen LogP contribution is -2.11. The standard InChI is InChI=1S/C16H12N4O4S2/c21-26(22,15-5-2-8-25-15)20-12-4-1-3-11(9-12)16-18-14(19-24-16)10-13-6-7-17-23-13/h1-9,20H,10H2. The molecule has 3 heterocycles. The minimum absolute atomic E-state index is 0.245. The molecule has 26 heavy (non-hydrogen) atoms.